The summed E-state index contributed by atoms with van der Waals surface area (Å²) in [5.74, 6) is 5.53. The summed E-state index contributed by atoms with van der Waals surface area (Å²) in [4.78, 5) is 11.6. The molecule has 1 aromatic rings. The van der Waals surface area contributed by atoms with Crippen molar-refractivity contribution in [1.29, 1.82) is 0 Å². The summed E-state index contributed by atoms with van der Waals surface area (Å²) in [5.41, 5.74) is 1.69. The average molecular weight is 241 g/mol. The summed E-state index contributed by atoms with van der Waals surface area (Å²) in [5, 5.41) is 1.23. The molecule has 16 heavy (non-hydrogen) atoms. The van der Waals surface area contributed by atoms with Gasteiger partial charge in [-0.3, -0.25) is 9.80 Å². The number of halogens is 1. The Morgan fingerprint density at radius 3 is 2.44 bits per heavy atom. The Balaban J connectivity index is 0.00000225. The molecule has 0 bridgehead atoms. The summed E-state index contributed by atoms with van der Waals surface area (Å²) in [6, 6.07) is 9.67. The summed E-state index contributed by atoms with van der Waals surface area (Å²) < 4.78 is 0. The van der Waals surface area contributed by atoms with E-state index in [0.717, 1.165) is 5.56 Å². The lowest BCUT2D eigenvalue weighted by Gasteiger charge is -2.16. The van der Waals surface area contributed by atoms with Gasteiger partial charge in [-0.1, -0.05) is 36.4 Å². The maximum atomic E-state index is 11.6. The molecule has 1 rings (SSSR count). The smallest absolute Gasteiger partial charge is 0.263 e. The molecule has 0 aliphatic rings. The topological polar surface area (TPSA) is 46.3 Å². The maximum absolute atomic E-state index is 11.6. The largest absolute Gasteiger partial charge is 0.272 e. The Hall–Kier alpha value is -1.32. The quantitative estimate of drug-likeness (QED) is 0.381. The zero-order valence-electron chi connectivity index (χ0n) is 9.51. The van der Waals surface area contributed by atoms with Gasteiger partial charge in [0.2, 0.25) is 0 Å². The number of benzene rings is 1. The molecule has 0 heterocycles. The molecule has 0 saturated carbocycles. The molecule has 0 saturated heterocycles. The molecule has 0 aliphatic heterocycles. The zero-order valence-corrected chi connectivity index (χ0v) is 10.3. The van der Waals surface area contributed by atoms with Crippen molar-refractivity contribution in [1.82, 2.24) is 5.01 Å². The Morgan fingerprint density at radius 2 is 1.94 bits per heavy atom. The van der Waals surface area contributed by atoms with Gasteiger partial charge in [0.05, 0.1) is 6.54 Å². The number of amides is 1. The fourth-order valence-electron chi connectivity index (χ4n) is 1.20. The van der Waals surface area contributed by atoms with E-state index in [1.165, 1.54) is 5.01 Å². The van der Waals surface area contributed by atoms with Crippen LogP contribution >= 0.6 is 12.4 Å². The van der Waals surface area contributed by atoms with Crippen LogP contribution in [-0.4, -0.2) is 10.9 Å². The maximum Gasteiger partial charge on any atom is 0.263 e. The second kappa shape index (κ2) is 7.04. The van der Waals surface area contributed by atoms with Crippen LogP contribution in [0.3, 0.4) is 0 Å². The van der Waals surface area contributed by atoms with Gasteiger partial charge in [-0.25, -0.2) is 5.84 Å². The first-order valence-corrected chi connectivity index (χ1v) is 4.88. The molecule has 0 unspecified atom stereocenters. The standard InChI is InChI=1S/C12H16N2O.ClH/c1-3-10(2)12(15)14(13)9-11-7-5-4-6-8-11;/h3-8H,9,13H2,1-2H3;1H. The number of carbonyl (C=O) groups is 1. The third kappa shape index (κ3) is 4.04. The van der Waals surface area contributed by atoms with Gasteiger partial charge in [0.25, 0.3) is 5.91 Å². The number of hydrogen-bond acceptors (Lipinski definition) is 2. The molecule has 2 N–H and O–H groups in total. The van der Waals surface area contributed by atoms with E-state index in [4.69, 9.17) is 5.84 Å². The number of carbonyl (C=O) groups excluding carboxylic acids is 1. The summed E-state index contributed by atoms with van der Waals surface area (Å²) in [7, 11) is 0. The molecule has 0 fully saturated rings. The van der Waals surface area contributed by atoms with Crippen molar-refractivity contribution in [2.24, 2.45) is 5.84 Å². The van der Waals surface area contributed by atoms with Crippen LogP contribution in [0.25, 0.3) is 0 Å². The van der Waals surface area contributed by atoms with Crippen LogP contribution in [0.2, 0.25) is 0 Å². The van der Waals surface area contributed by atoms with Gasteiger partial charge in [-0.15, -0.1) is 12.4 Å². The van der Waals surface area contributed by atoms with Crippen molar-refractivity contribution in [3.05, 3.63) is 47.5 Å². The molecule has 0 aliphatic carbocycles. The first kappa shape index (κ1) is 14.7. The highest BCUT2D eigenvalue weighted by atomic mass is 35.5. The number of hydrazine groups is 1. The highest BCUT2D eigenvalue weighted by molar-refractivity contribution is 5.92. The highest BCUT2D eigenvalue weighted by Gasteiger charge is 2.10. The van der Waals surface area contributed by atoms with Gasteiger partial charge in [-0.2, -0.15) is 0 Å². The minimum absolute atomic E-state index is 0. The molecule has 0 spiro atoms. The van der Waals surface area contributed by atoms with E-state index in [2.05, 4.69) is 0 Å². The van der Waals surface area contributed by atoms with Gasteiger partial charge in [0.1, 0.15) is 0 Å². The van der Waals surface area contributed by atoms with Crippen LogP contribution < -0.4 is 5.84 Å². The normalized spacial score (nSPS) is 10.6. The van der Waals surface area contributed by atoms with E-state index < -0.39 is 0 Å². The Kier molecular flexibility index (Phi) is 6.46. The molecule has 0 atom stereocenters. The molecule has 0 aromatic heterocycles. The molecule has 0 radical (unpaired) electrons. The molecule has 3 nitrogen and oxygen atoms in total. The molecular weight excluding hydrogens is 224 g/mol. The second-order valence-corrected chi connectivity index (χ2v) is 3.39. The average Bonchev–Trinajstić information content (AvgIpc) is 2.28. The van der Waals surface area contributed by atoms with Crippen LogP contribution in [0.5, 0.6) is 0 Å². The van der Waals surface area contributed by atoms with Crippen LogP contribution in [-0.2, 0) is 11.3 Å². The fraction of sp³-hybridized carbons (Fsp3) is 0.250. The van der Waals surface area contributed by atoms with Gasteiger partial charge in [-0.05, 0) is 19.4 Å². The number of hydrogen-bond donors (Lipinski definition) is 1. The van der Waals surface area contributed by atoms with E-state index in [-0.39, 0.29) is 18.3 Å². The number of allylic oxidation sites excluding steroid dienone is 1. The lowest BCUT2D eigenvalue weighted by Crippen LogP contribution is -2.37. The molecule has 4 heteroatoms. The monoisotopic (exact) mass is 240 g/mol. The van der Waals surface area contributed by atoms with E-state index >= 15 is 0 Å². The van der Waals surface area contributed by atoms with Crippen LogP contribution in [0.4, 0.5) is 0 Å². The van der Waals surface area contributed by atoms with Crippen molar-refractivity contribution >= 4 is 18.3 Å². The lowest BCUT2D eigenvalue weighted by atomic mass is 10.2. The summed E-state index contributed by atoms with van der Waals surface area (Å²) in [6.45, 7) is 4.02. The van der Waals surface area contributed by atoms with Crippen molar-refractivity contribution < 1.29 is 4.79 Å². The first-order chi connectivity index (χ1) is 7.15. The van der Waals surface area contributed by atoms with Crippen molar-refractivity contribution in [2.75, 3.05) is 0 Å². The number of nitrogens with two attached hydrogens (primary N) is 1. The van der Waals surface area contributed by atoms with Crippen molar-refractivity contribution in [2.45, 2.75) is 20.4 Å². The lowest BCUT2D eigenvalue weighted by molar-refractivity contribution is -0.128. The van der Waals surface area contributed by atoms with E-state index in [9.17, 15) is 4.79 Å². The Morgan fingerprint density at radius 1 is 1.38 bits per heavy atom. The fourth-order valence-corrected chi connectivity index (χ4v) is 1.20. The number of nitrogens with zero attached hydrogens (tertiary/aromatic N) is 1. The zero-order chi connectivity index (χ0) is 11.3. The van der Waals surface area contributed by atoms with Gasteiger partial charge < -0.3 is 0 Å². The van der Waals surface area contributed by atoms with Crippen molar-refractivity contribution in [3.63, 3.8) is 0 Å². The highest BCUT2D eigenvalue weighted by Crippen LogP contribution is 2.04. The van der Waals surface area contributed by atoms with Crippen LogP contribution in [0, 0.1) is 0 Å². The van der Waals surface area contributed by atoms with Crippen LogP contribution in [0.15, 0.2) is 42.0 Å². The van der Waals surface area contributed by atoms with Gasteiger partial charge >= 0.3 is 0 Å². The molecule has 88 valence electrons. The summed E-state index contributed by atoms with van der Waals surface area (Å²) in [6.07, 6.45) is 1.76. The first-order valence-electron chi connectivity index (χ1n) is 4.88. The third-order valence-corrected chi connectivity index (χ3v) is 2.23. The predicted octanol–water partition coefficient (Wildman–Crippen LogP) is 2.28. The predicted molar refractivity (Wildman–Crippen MR) is 67.9 cm³/mol. The molecule has 1 amide bonds. The minimum atomic E-state index is -0.138. The van der Waals surface area contributed by atoms with E-state index in [1.807, 2.05) is 37.3 Å². The third-order valence-electron chi connectivity index (χ3n) is 2.23. The minimum Gasteiger partial charge on any atom is -0.272 e. The Bertz CT molecular complexity index is 363. The van der Waals surface area contributed by atoms with Gasteiger partial charge in [0, 0.05) is 5.57 Å². The van der Waals surface area contributed by atoms with Crippen LogP contribution in [0.1, 0.15) is 19.4 Å². The molecule has 1 aromatic carbocycles. The Labute approximate surface area is 102 Å². The molecular formula is C12H17ClN2O. The van der Waals surface area contributed by atoms with Gasteiger partial charge in [0.15, 0.2) is 0 Å². The van der Waals surface area contributed by atoms with E-state index in [1.54, 1.807) is 13.0 Å². The number of rotatable bonds is 3. The SMILES string of the molecule is CC=C(C)C(=O)N(N)Cc1ccccc1.Cl. The summed E-state index contributed by atoms with van der Waals surface area (Å²) >= 11 is 0. The second-order valence-electron chi connectivity index (χ2n) is 3.39. The van der Waals surface area contributed by atoms with Crippen molar-refractivity contribution in [3.8, 4) is 0 Å². The van der Waals surface area contributed by atoms with E-state index in [0.29, 0.717) is 12.1 Å².